The van der Waals surface area contributed by atoms with E-state index in [2.05, 4.69) is 37.6 Å². The van der Waals surface area contributed by atoms with Crippen molar-refractivity contribution in [2.45, 2.75) is 47.1 Å². The highest BCUT2D eigenvalue weighted by molar-refractivity contribution is 7.13. The predicted octanol–water partition coefficient (Wildman–Crippen LogP) is 3.52. The van der Waals surface area contributed by atoms with Crippen LogP contribution >= 0.6 is 11.3 Å². The minimum absolute atomic E-state index is 0.424. The van der Waals surface area contributed by atoms with E-state index in [4.69, 9.17) is 0 Å². The summed E-state index contributed by atoms with van der Waals surface area (Å²) >= 11 is 1.35. The first-order chi connectivity index (χ1) is 9.85. The van der Waals surface area contributed by atoms with Gasteiger partial charge >= 0.3 is 5.97 Å². The van der Waals surface area contributed by atoms with Crippen LogP contribution in [0.25, 0.3) is 0 Å². The summed E-state index contributed by atoms with van der Waals surface area (Å²) in [6.45, 7) is 11.7. The Morgan fingerprint density at radius 1 is 1.38 bits per heavy atom. The van der Waals surface area contributed by atoms with Crippen molar-refractivity contribution in [3.05, 3.63) is 15.6 Å². The number of hydrogen-bond donors (Lipinski definition) is 1. The van der Waals surface area contributed by atoms with Gasteiger partial charge in [0.2, 0.25) is 0 Å². The Labute approximate surface area is 131 Å². The van der Waals surface area contributed by atoms with Crippen molar-refractivity contribution < 1.29 is 9.90 Å². The van der Waals surface area contributed by atoms with Crippen LogP contribution in [0.15, 0.2) is 0 Å². The maximum absolute atomic E-state index is 11.4. The summed E-state index contributed by atoms with van der Waals surface area (Å²) in [5.41, 5.74) is 0.760. The van der Waals surface area contributed by atoms with E-state index < -0.39 is 5.97 Å². The van der Waals surface area contributed by atoms with Gasteiger partial charge in [-0.1, -0.05) is 27.7 Å². The number of carbonyl (C=O) groups is 1. The largest absolute Gasteiger partial charge is 0.477 e. The molecule has 2 rings (SSSR count). The third-order valence-corrected chi connectivity index (χ3v) is 4.91. The molecule has 1 aromatic rings. The molecule has 1 saturated heterocycles. The zero-order valence-corrected chi connectivity index (χ0v) is 14.2. The summed E-state index contributed by atoms with van der Waals surface area (Å²) in [7, 11) is 0. The standard InChI is InChI=1S/C16H26N2O2S/c1-10(2)5-13-15(16(19)20)21-14(17-13)9-18-7-11(3)6-12(4)8-18/h10-12H,5-9H2,1-4H3,(H,19,20). The van der Waals surface area contributed by atoms with Gasteiger partial charge in [0.1, 0.15) is 9.88 Å². The molecular formula is C16H26N2O2S. The molecule has 118 valence electrons. The summed E-state index contributed by atoms with van der Waals surface area (Å²) < 4.78 is 0. The van der Waals surface area contributed by atoms with Crippen LogP contribution in [0.4, 0.5) is 0 Å². The third-order valence-electron chi connectivity index (χ3n) is 3.84. The van der Waals surface area contributed by atoms with Crippen LogP contribution in [0.1, 0.15) is 54.5 Å². The van der Waals surface area contributed by atoms with E-state index in [9.17, 15) is 9.90 Å². The fraction of sp³-hybridized carbons (Fsp3) is 0.750. The maximum atomic E-state index is 11.4. The molecule has 0 saturated carbocycles. The first kappa shape index (κ1) is 16.4. The Balaban J connectivity index is 2.11. The second-order valence-electron chi connectivity index (χ2n) is 6.93. The number of carboxylic acids is 1. The van der Waals surface area contributed by atoms with Crippen LogP contribution in [0.5, 0.6) is 0 Å². The second-order valence-corrected chi connectivity index (χ2v) is 8.01. The zero-order valence-electron chi connectivity index (χ0n) is 13.4. The average molecular weight is 310 g/mol. The van der Waals surface area contributed by atoms with Crippen LogP contribution in [0, 0.1) is 17.8 Å². The van der Waals surface area contributed by atoms with E-state index >= 15 is 0 Å². The minimum atomic E-state index is -0.838. The van der Waals surface area contributed by atoms with Gasteiger partial charge in [0.05, 0.1) is 12.2 Å². The molecule has 1 aromatic heterocycles. The second kappa shape index (κ2) is 6.88. The van der Waals surface area contributed by atoms with Crippen molar-refractivity contribution in [3.63, 3.8) is 0 Å². The highest BCUT2D eigenvalue weighted by Gasteiger charge is 2.24. The van der Waals surface area contributed by atoms with E-state index in [1.165, 1.54) is 17.8 Å². The number of piperidine rings is 1. The molecule has 1 aliphatic heterocycles. The lowest BCUT2D eigenvalue weighted by molar-refractivity contribution is 0.0700. The predicted molar refractivity (Wildman–Crippen MR) is 85.8 cm³/mol. The molecular weight excluding hydrogens is 284 g/mol. The van der Waals surface area contributed by atoms with Gasteiger partial charge in [-0.3, -0.25) is 4.90 Å². The summed E-state index contributed by atoms with van der Waals surface area (Å²) in [6.07, 6.45) is 2.03. The van der Waals surface area contributed by atoms with Gasteiger partial charge in [0.15, 0.2) is 0 Å². The van der Waals surface area contributed by atoms with E-state index in [0.717, 1.165) is 36.8 Å². The van der Waals surface area contributed by atoms with Crippen molar-refractivity contribution in [2.75, 3.05) is 13.1 Å². The fourth-order valence-electron chi connectivity index (χ4n) is 3.27. The van der Waals surface area contributed by atoms with Gasteiger partial charge in [0, 0.05) is 13.1 Å². The van der Waals surface area contributed by atoms with Gasteiger partial charge in [-0.05, 0) is 30.6 Å². The molecule has 5 heteroatoms. The van der Waals surface area contributed by atoms with Gasteiger partial charge in [-0.15, -0.1) is 11.3 Å². The number of aromatic carboxylic acids is 1. The van der Waals surface area contributed by atoms with Crippen LogP contribution in [-0.4, -0.2) is 34.0 Å². The minimum Gasteiger partial charge on any atom is -0.477 e. The molecule has 0 radical (unpaired) electrons. The lowest BCUT2D eigenvalue weighted by Gasteiger charge is -2.34. The highest BCUT2D eigenvalue weighted by atomic mass is 32.1. The first-order valence-corrected chi connectivity index (χ1v) is 8.61. The summed E-state index contributed by atoms with van der Waals surface area (Å²) in [6, 6.07) is 0. The number of rotatable bonds is 5. The summed E-state index contributed by atoms with van der Waals surface area (Å²) in [5.74, 6) is 1.01. The van der Waals surface area contributed by atoms with Gasteiger partial charge in [-0.2, -0.15) is 0 Å². The molecule has 0 aliphatic carbocycles. The number of aromatic nitrogens is 1. The van der Waals surface area contributed by atoms with Crippen molar-refractivity contribution in [2.24, 2.45) is 17.8 Å². The van der Waals surface area contributed by atoms with Crippen molar-refractivity contribution in [3.8, 4) is 0 Å². The molecule has 2 unspecified atom stereocenters. The Kier molecular flexibility index (Phi) is 5.38. The Bertz CT molecular complexity index is 488. The molecule has 0 aromatic carbocycles. The van der Waals surface area contributed by atoms with E-state index in [1.54, 1.807) is 0 Å². The third kappa shape index (κ3) is 4.51. The summed E-state index contributed by atoms with van der Waals surface area (Å²) in [4.78, 5) is 18.8. The van der Waals surface area contributed by atoms with Gasteiger partial charge < -0.3 is 5.11 Å². The van der Waals surface area contributed by atoms with Crippen LogP contribution in [-0.2, 0) is 13.0 Å². The molecule has 1 aliphatic rings. The van der Waals surface area contributed by atoms with Gasteiger partial charge in [0.25, 0.3) is 0 Å². The molecule has 4 nitrogen and oxygen atoms in total. The normalized spacial score (nSPS) is 23.7. The molecule has 0 spiro atoms. The maximum Gasteiger partial charge on any atom is 0.347 e. The Morgan fingerprint density at radius 2 is 2.00 bits per heavy atom. The van der Waals surface area contributed by atoms with Crippen LogP contribution < -0.4 is 0 Å². The molecule has 21 heavy (non-hydrogen) atoms. The first-order valence-electron chi connectivity index (χ1n) is 7.79. The molecule has 0 amide bonds. The molecule has 2 heterocycles. The van der Waals surface area contributed by atoms with Crippen molar-refractivity contribution >= 4 is 17.3 Å². The number of nitrogens with zero attached hydrogens (tertiary/aromatic N) is 2. The topological polar surface area (TPSA) is 53.4 Å². The van der Waals surface area contributed by atoms with Crippen molar-refractivity contribution in [1.82, 2.24) is 9.88 Å². The van der Waals surface area contributed by atoms with Crippen LogP contribution in [0.3, 0.4) is 0 Å². The lowest BCUT2D eigenvalue weighted by Crippen LogP contribution is -2.38. The lowest BCUT2D eigenvalue weighted by atomic mass is 9.92. The highest BCUT2D eigenvalue weighted by Crippen LogP contribution is 2.26. The quantitative estimate of drug-likeness (QED) is 0.904. The number of hydrogen-bond acceptors (Lipinski definition) is 4. The molecule has 2 atom stereocenters. The molecule has 1 N–H and O–H groups in total. The number of likely N-dealkylation sites (tertiary alicyclic amines) is 1. The van der Waals surface area contributed by atoms with Crippen LogP contribution in [0.2, 0.25) is 0 Å². The van der Waals surface area contributed by atoms with Gasteiger partial charge in [-0.25, -0.2) is 9.78 Å². The number of carboxylic acid groups (broad SMARTS) is 1. The van der Waals surface area contributed by atoms with E-state index in [-0.39, 0.29) is 0 Å². The average Bonchev–Trinajstić information content (AvgIpc) is 2.69. The Morgan fingerprint density at radius 3 is 2.52 bits per heavy atom. The SMILES string of the molecule is CC(C)Cc1nc(CN2CC(C)CC(C)C2)sc1C(=O)O. The van der Waals surface area contributed by atoms with E-state index in [0.29, 0.717) is 22.6 Å². The molecule has 0 bridgehead atoms. The van der Waals surface area contributed by atoms with E-state index in [1.807, 2.05) is 0 Å². The zero-order chi connectivity index (χ0) is 15.6. The van der Waals surface area contributed by atoms with Crippen molar-refractivity contribution in [1.29, 1.82) is 0 Å². The summed E-state index contributed by atoms with van der Waals surface area (Å²) in [5, 5.41) is 10.3. The fourth-order valence-corrected chi connectivity index (χ4v) is 4.25. The monoisotopic (exact) mass is 310 g/mol. The number of thiazole rings is 1. The Hall–Kier alpha value is -0.940. The molecule has 1 fully saturated rings. The smallest absolute Gasteiger partial charge is 0.347 e.